The highest BCUT2D eigenvalue weighted by Gasteiger charge is 2.23. The van der Waals surface area contributed by atoms with Gasteiger partial charge >= 0.3 is 5.97 Å². The Kier molecular flexibility index (Phi) is 8.86. The van der Waals surface area contributed by atoms with Crippen LogP contribution >= 0.6 is 34.9 Å². The Hall–Kier alpha value is -3.62. The van der Waals surface area contributed by atoms with Crippen molar-refractivity contribution in [3.05, 3.63) is 68.6 Å². The van der Waals surface area contributed by atoms with E-state index in [2.05, 4.69) is 25.5 Å². The van der Waals surface area contributed by atoms with Crippen molar-refractivity contribution in [2.75, 3.05) is 23.4 Å². The van der Waals surface area contributed by atoms with Gasteiger partial charge in [0.2, 0.25) is 5.91 Å². The predicted octanol–water partition coefficient (Wildman–Crippen LogP) is 3.81. The molecule has 0 saturated carbocycles. The molecule has 38 heavy (non-hydrogen) atoms. The molecular formula is C24H25N7O4S3. The van der Waals surface area contributed by atoms with Gasteiger partial charge in [0.15, 0.2) is 10.3 Å². The summed E-state index contributed by atoms with van der Waals surface area (Å²) in [6, 6.07) is 10.7. The van der Waals surface area contributed by atoms with Crippen LogP contribution in [0.2, 0.25) is 0 Å². The summed E-state index contributed by atoms with van der Waals surface area (Å²) in [5, 5.41) is 12.8. The number of thiophene rings is 1. The molecule has 4 N–H and O–H groups in total. The molecule has 3 heterocycles. The molecule has 4 rings (SSSR count). The van der Waals surface area contributed by atoms with Gasteiger partial charge in [-0.1, -0.05) is 41.7 Å². The average Bonchev–Trinajstić information content (AvgIpc) is 3.41. The standard InChI is InChI=1S/C24H25N7O4S3/c1-4-35-22(34)20-13(2)14(3)38-21(20)27-19(33)12-37-24-30-29-17(31(24)15-8-6-5-7-9-15)11-36-23-26-16(25)10-18(32)28-23/h5-10H,4,11-12H2,1-3H3,(H,27,33)(H3,25,26,28,32). The molecule has 0 unspecified atom stereocenters. The number of anilines is 2. The van der Waals surface area contributed by atoms with Crippen LogP contribution in [0.15, 0.2) is 51.5 Å². The summed E-state index contributed by atoms with van der Waals surface area (Å²) >= 11 is 3.81. The number of amides is 1. The van der Waals surface area contributed by atoms with E-state index in [9.17, 15) is 14.4 Å². The van der Waals surface area contributed by atoms with Crippen LogP contribution in [0.3, 0.4) is 0 Å². The number of nitrogens with one attached hydrogen (secondary N) is 2. The second-order valence-electron chi connectivity index (χ2n) is 7.88. The second-order valence-corrected chi connectivity index (χ2v) is 11.0. The number of aryl methyl sites for hydroxylation is 1. The van der Waals surface area contributed by atoms with E-state index in [-0.39, 0.29) is 29.6 Å². The van der Waals surface area contributed by atoms with Crippen molar-refractivity contribution in [3.63, 3.8) is 0 Å². The summed E-state index contributed by atoms with van der Waals surface area (Å²) < 4.78 is 7.01. The zero-order valence-corrected chi connectivity index (χ0v) is 23.3. The van der Waals surface area contributed by atoms with Crippen molar-refractivity contribution in [2.24, 2.45) is 0 Å². The van der Waals surface area contributed by atoms with E-state index in [1.165, 1.54) is 40.9 Å². The number of nitrogen functional groups attached to an aromatic ring is 1. The number of thioether (sulfide) groups is 2. The van der Waals surface area contributed by atoms with Gasteiger partial charge in [0.25, 0.3) is 5.56 Å². The van der Waals surface area contributed by atoms with Gasteiger partial charge < -0.3 is 20.8 Å². The number of esters is 1. The number of nitrogens with zero attached hydrogens (tertiary/aromatic N) is 4. The van der Waals surface area contributed by atoms with Crippen LogP contribution in [0.25, 0.3) is 5.69 Å². The molecule has 198 valence electrons. The summed E-state index contributed by atoms with van der Waals surface area (Å²) in [5.41, 5.74) is 7.34. The number of carbonyl (C=O) groups is 2. The van der Waals surface area contributed by atoms with E-state index >= 15 is 0 Å². The van der Waals surface area contributed by atoms with Crippen molar-refractivity contribution in [2.45, 2.75) is 36.8 Å². The first kappa shape index (κ1) is 27.4. The maximum absolute atomic E-state index is 12.9. The van der Waals surface area contributed by atoms with E-state index < -0.39 is 5.97 Å². The van der Waals surface area contributed by atoms with Crippen molar-refractivity contribution in [1.82, 2.24) is 24.7 Å². The Morgan fingerprint density at radius 2 is 1.95 bits per heavy atom. The van der Waals surface area contributed by atoms with Gasteiger partial charge in [-0.25, -0.2) is 9.78 Å². The lowest BCUT2D eigenvalue weighted by Crippen LogP contribution is -2.17. The van der Waals surface area contributed by atoms with Crippen LogP contribution in [0.5, 0.6) is 0 Å². The molecule has 0 atom stereocenters. The first-order valence-corrected chi connectivity index (χ1v) is 14.2. The number of ether oxygens (including phenoxy) is 1. The lowest BCUT2D eigenvalue weighted by molar-refractivity contribution is -0.113. The number of benzene rings is 1. The quantitative estimate of drug-likeness (QED) is 0.145. The fraction of sp³-hybridized carbons (Fsp3) is 0.250. The molecule has 0 bridgehead atoms. The summed E-state index contributed by atoms with van der Waals surface area (Å²) in [4.78, 5) is 44.7. The second kappa shape index (κ2) is 12.3. The normalized spacial score (nSPS) is 10.9. The van der Waals surface area contributed by atoms with Crippen LogP contribution in [0, 0.1) is 13.8 Å². The molecule has 0 fully saturated rings. The number of carbonyl (C=O) groups excluding carboxylic acids is 2. The van der Waals surface area contributed by atoms with E-state index in [1.807, 2.05) is 48.7 Å². The molecule has 11 nitrogen and oxygen atoms in total. The minimum atomic E-state index is -0.459. The van der Waals surface area contributed by atoms with Crippen molar-refractivity contribution in [3.8, 4) is 5.69 Å². The Morgan fingerprint density at radius 3 is 2.66 bits per heavy atom. The third kappa shape index (κ3) is 6.44. The number of rotatable bonds is 10. The topological polar surface area (TPSA) is 158 Å². The van der Waals surface area contributed by atoms with Gasteiger partial charge in [-0.15, -0.1) is 21.5 Å². The van der Waals surface area contributed by atoms with Gasteiger partial charge in [0, 0.05) is 16.6 Å². The van der Waals surface area contributed by atoms with E-state index in [4.69, 9.17) is 10.5 Å². The lowest BCUT2D eigenvalue weighted by Gasteiger charge is -2.10. The maximum Gasteiger partial charge on any atom is 0.341 e. The van der Waals surface area contributed by atoms with Crippen LogP contribution in [0.4, 0.5) is 10.8 Å². The highest BCUT2D eigenvalue weighted by Crippen LogP contribution is 2.33. The van der Waals surface area contributed by atoms with Crippen LogP contribution in [0.1, 0.15) is 33.5 Å². The zero-order valence-electron chi connectivity index (χ0n) is 20.8. The first-order valence-electron chi connectivity index (χ1n) is 11.5. The minimum absolute atomic E-state index is 0.0421. The largest absolute Gasteiger partial charge is 0.462 e. The van der Waals surface area contributed by atoms with E-state index in [1.54, 1.807) is 6.92 Å². The number of hydrogen-bond donors (Lipinski definition) is 3. The monoisotopic (exact) mass is 571 g/mol. The molecular weight excluding hydrogens is 547 g/mol. The molecule has 1 aromatic carbocycles. The summed E-state index contributed by atoms with van der Waals surface area (Å²) in [6.07, 6.45) is 0. The molecule has 0 spiro atoms. The number of para-hydroxylation sites is 1. The summed E-state index contributed by atoms with van der Waals surface area (Å²) in [7, 11) is 0. The van der Waals surface area contributed by atoms with Crippen LogP contribution in [-0.2, 0) is 15.3 Å². The van der Waals surface area contributed by atoms with Crippen molar-refractivity contribution < 1.29 is 14.3 Å². The maximum atomic E-state index is 12.9. The summed E-state index contributed by atoms with van der Waals surface area (Å²) in [6.45, 7) is 5.71. The molecule has 0 aliphatic rings. The minimum Gasteiger partial charge on any atom is -0.462 e. The number of H-pyrrole nitrogens is 1. The molecule has 14 heteroatoms. The van der Waals surface area contributed by atoms with E-state index in [0.717, 1.165) is 16.1 Å². The zero-order chi connectivity index (χ0) is 27.2. The number of aromatic nitrogens is 5. The lowest BCUT2D eigenvalue weighted by atomic mass is 10.1. The van der Waals surface area contributed by atoms with Gasteiger partial charge in [0.05, 0.1) is 23.7 Å². The third-order valence-electron chi connectivity index (χ3n) is 5.24. The van der Waals surface area contributed by atoms with Gasteiger partial charge in [0.1, 0.15) is 16.6 Å². The SMILES string of the molecule is CCOC(=O)c1c(NC(=O)CSc2nnc(CSc3nc(N)cc(=O)[nH]3)n2-c2ccccc2)sc(C)c1C. The smallest absolute Gasteiger partial charge is 0.341 e. The predicted molar refractivity (Wildman–Crippen MR) is 149 cm³/mol. The fourth-order valence-electron chi connectivity index (χ4n) is 3.44. The molecule has 3 aromatic heterocycles. The third-order valence-corrected chi connectivity index (χ3v) is 8.16. The van der Waals surface area contributed by atoms with Gasteiger partial charge in [-0.2, -0.15) is 0 Å². The van der Waals surface area contributed by atoms with Crippen LogP contribution in [-0.4, -0.2) is 49.0 Å². The average molecular weight is 572 g/mol. The summed E-state index contributed by atoms with van der Waals surface area (Å²) in [5.74, 6) is 0.368. The van der Waals surface area contributed by atoms with Crippen molar-refractivity contribution >= 4 is 57.6 Å². The molecule has 0 saturated heterocycles. The van der Waals surface area contributed by atoms with Gasteiger partial charge in [-0.05, 0) is 38.5 Å². The first-order chi connectivity index (χ1) is 18.3. The number of nitrogens with two attached hydrogens (primary N) is 1. The Morgan fingerprint density at radius 1 is 1.18 bits per heavy atom. The fourth-order valence-corrected chi connectivity index (χ4v) is 6.07. The van der Waals surface area contributed by atoms with Crippen molar-refractivity contribution in [1.29, 1.82) is 0 Å². The molecule has 1 amide bonds. The highest BCUT2D eigenvalue weighted by molar-refractivity contribution is 7.99. The molecule has 4 aromatic rings. The molecule has 0 aliphatic heterocycles. The van der Waals surface area contributed by atoms with Gasteiger partial charge in [-0.3, -0.25) is 14.2 Å². The van der Waals surface area contributed by atoms with E-state index in [0.29, 0.717) is 32.5 Å². The van der Waals surface area contributed by atoms with Crippen LogP contribution < -0.4 is 16.6 Å². The molecule has 0 aliphatic carbocycles. The Labute approximate surface area is 230 Å². The number of hydrogen-bond acceptors (Lipinski definition) is 11. The molecule has 0 radical (unpaired) electrons. The highest BCUT2D eigenvalue weighted by atomic mass is 32.2. The Balaban J connectivity index is 1.51. The number of aromatic amines is 1. The Bertz CT molecular complexity index is 1520.